The van der Waals surface area contributed by atoms with Gasteiger partial charge in [-0.1, -0.05) is 18.2 Å². The molecule has 1 aliphatic heterocycles. The van der Waals surface area contributed by atoms with E-state index in [1.54, 1.807) is 4.88 Å². The number of nitrogens with two attached hydrogens (primary N) is 1. The lowest BCUT2D eigenvalue weighted by atomic mass is 10.00. The summed E-state index contributed by atoms with van der Waals surface area (Å²) in [7, 11) is 0. The van der Waals surface area contributed by atoms with Crippen LogP contribution in [0.2, 0.25) is 0 Å². The van der Waals surface area contributed by atoms with E-state index in [4.69, 9.17) is 5.84 Å². The van der Waals surface area contributed by atoms with Crippen molar-refractivity contribution < 1.29 is 0 Å². The van der Waals surface area contributed by atoms with Crippen LogP contribution in [0.1, 0.15) is 38.0 Å². The lowest BCUT2D eigenvalue weighted by Gasteiger charge is -2.16. The van der Waals surface area contributed by atoms with Crippen molar-refractivity contribution in [3.05, 3.63) is 56.3 Å². The number of thiophene rings is 1. The Morgan fingerprint density at radius 1 is 1.20 bits per heavy atom. The van der Waals surface area contributed by atoms with Crippen LogP contribution in [-0.2, 0) is 12.2 Å². The van der Waals surface area contributed by atoms with Gasteiger partial charge < -0.3 is 0 Å². The summed E-state index contributed by atoms with van der Waals surface area (Å²) in [6, 6.07) is 9.05. The summed E-state index contributed by atoms with van der Waals surface area (Å²) >= 11 is 3.94. The fraction of sp³-hybridized carbons (Fsp3) is 0.375. The molecule has 0 saturated carbocycles. The highest BCUT2D eigenvalue weighted by Crippen LogP contribution is 2.36. The van der Waals surface area contributed by atoms with Gasteiger partial charge in [0.1, 0.15) is 0 Å². The summed E-state index contributed by atoms with van der Waals surface area (Å²) < 4.78 is 0. The number of thioether (sulfide) groups is 1. The monoisotopic (exact) mass is 304 g/mol. The molecule has 1 atom stereocenters. The first kappa shape index (κ1) is 14.1. The number of fused-ring (bicyclic) bond motifs is 1. The Morgan fingerprint density at radius 2 is 2.05 bits per heavy atom. The van der Waals surface area contributed by atoms with Gasteiger partial charge in [0.2, 0.25) is 0 Å². The maximum atomic E-state index is 5.83. The molecule has 1 aromatic heterocycles. The Hall–Kier alpha value is -0.810. The van der Waals surface area contributed by atoms with E-state index in [1.807, 2.05) is 23.1 Å². The highest BCUT2D eigenvalue weighted by molar-refractivity contribution is 7.98. The van der Waals surface area contributed by atoms with Crippen LogP contribution in [0.4, 0.5) is 0 Å². The van der Waals surface area contributed by atoms with Crippen molar-refractivity contribution in [2.24, 2.45) is 5.84 Å². The van der Waals surface area contributed by atoms with E-state index in [1.165, 1.54) is 39.3 Å². The minimum atomic E-state index is 0.106. The number of benzene rings is 1. The number of rotatable bonds is 3. The highest BCUT2D eigenvalue weighted by atomic mass is 32.2. The second-order valence-corrected chi connectivity index (χ2v) is 7.62. The lowest BCUT2D eigenvalue weighted by Crippen LogP contribution is -2.28. The van der Waals surface area contributed by atoms with E-state index in [9.17, 15) is 0 Å². The summed E-state index contributed by atoms with van der Waals surface area (Å²) in [5.74, 6) is 8.23. The molecule has 1 aliphatic rings. The minimum Gasteiger partial charge on any atom is -0.271 e. The fourth-order valence-electron chi connectivity index (χ4n) is 2.60. The molecule has 0 aliphatic carbocycles. The Bertz CT molecular complexity index is 595. The van der Waals surface area contributed by atoms with Crippen LogP contribution in [0.3, 0.4) is 0 Å². The quantitative estimate of drug-likeness (QED) is 0.670. The molecule has 1 unspecified atom stereocenters. The third-order valence-corrected chi connectivity index (χ3v) is 6.27. The van der Waals surface area contributed by atoms with Gasteiger partial charge in [-0.3, -0.25) is 5.84 Å². The third-order valence-electron chi connectivity index (χ3n) is 3.96. The van der Waals surface area contributed by atoms with Crippen LogP contribution in [0.15, 0.2) is 24.3 Å². The zero-order chi connectivity index (χ0) is 14.1. The smallest absolute Gasteiger partial charge is 0.0802 e. The van der Waals surface area contributed by atoms with E-state index in [0.29, 0.717) is 0 Å². The molecule has 0 spiro atoms. The molecular formula is C16H20N2S2. The zero-order valence-corrected chi connectivity index (χ0v) is 13.5. The molecule has 106 valence electrons. The molecule has 0 amide bonds. The molecule has 3 N–H and O–H groups in total. The van der Waals surface area contributed by atoms with Crippen LogP contribution in [0.5, 0.6) is 0 Å². The standard InChI is InChI=1S/C16H20N2S2/c1-10-3-4-12(7-11(10)2)16(18-17)15-8-13-9-19-6-5-14(13)20-15/h3-4,7-8,16,18H,5-6,9,17H2,1-2H3. The van der Waals surface area contributed by atoms with Crippen LogP contribution >= 0.6 is 23.1 Å². The molecule has 4 heteroatoms. The maximum absolute atomic E-state index is 5.83. The van der Waals surface area contributed by atoms with Gasteiger partial charge in [0.15, 0.2) is 0 Å². The zero-order valence-electron chi connectivity index (χ0n) is 11.9. The van der Waals surface area contributed by atoms with Crippen molar-refractivity contribution >= 4 is 23.1 Å². The summed E-state index contributed by atoms with van der Waals surface area (Å²) in [6.45, 7) is 4.30. The topological polar surface area (TPSA) is 38.0 Å². The van der Waals surface area contributed by atoms with E-state index in [0.717, 1.165) is 5.75 Å². The van der Waals surface area contributed by atoms with Gasteiger partial charge in [0, 0.05) is 15.5 Å². The highest BCUT2D eigenvalue weighted by Gasteiger charge is 2.20. The van der Waals surface area contributed by atoms with Gasteiger partial charge in [0.25, 0.3) is 0 Å². The van der Waals surface area contributed by atoms with Crippen molar-refractivity contribution in [1.29, 1.82) is 0 Å². The number of nitrogens with one attached hydrogen (secondary N) is 1. The van der Waals surface area contributed by atoms with Crippen molar-refractivity contribution in [1.82, 2.24) is 5.43 Å². The van der Waals surface area contributed by atoms with Gasteiger partial charge in [-0.15, -0.1) is 11.3 Å². The summed E-state index contributed by atoms with van der Waals surface area (Å²) in [4.78, 5) is 2.88. The largest absolute Gasteiger partial charge is 0.271 e. The Labute approximate surface area is 128 Å². The van der Waals surface area contributed by atoms with E-state index in [-0.39, 0.29) is 6.04 Å². The molecular weight excluding hydrogens is 284 g/mol. The fourth-order valence-corrected chi connectivity index (χ4v) is 5.06. The first-order valence-corrected chi connectivity index (χ1v) is 8.88. The van der Waals surface area contributed by atoms with Gasteiger partial charge in [-0.2, -0.15) is 11.8 Å². The van der Waals surface area contributed by atoms with Crippen molar-refractivity contribution in [3.8, 4) is 0 Å². The summed E-state index contributed by atoms with van der Waals surface area (Å²) in [5, 5.41) is 0. The Balaban J connectivity index is 1.96. The van der Waals surface area contributed by atoms with Crippen LogP contribution in [0, 0.1) is 13.8 Å². The van der Waals surface area contributed by atoms with Crippen LogP contribution < -0.4 is 11.3 Å². The van der Waals surface area contributed by atoms with Crippen molar-refractivity contribution in [2.75, 3.05) is 5.75 Å². The molecule has 0 fully saturated rings. The van der Waals surface area contributed by atoms with Crippen molar-refractivity contribution in [2.45, 2.75) is 32.1 Å². The van der Waals surface area contributed by atoms with Gasteiger partial charge in [-0.05, 0) is 54.3 Å². The first-order valence-electron chi connectivity index (χ1n) is 6.91. The van der Waals surface area contributed by atoms with E-state index in [2.05, 4.69) is 43.5 Å². The van der Waals surface area contributed by atoms with E-state index >= 15 is 0 Å². The summed E-state index contributed by atoms with van der Waals surface area (Å²) in [6.07, 6.45) is 1.20. The average molecular weight is 304 g/mol. The molecule has 20 heavy (non-hydrogen) atoms. The predicted octanol–water partition coefficient (Wildman–Crippen LogP) is 3.71. The number of aryl methyl sites for hydroxylation is 3. The van der Waals surface area contributed by atoms with Gasteiger partial charge in [0.05, 0.1) is 6.04 Å². The first-order chi connectivity index (χ1) is 9.69. The third kappa shape index (κ3) is 2.66. The van der Waals surface area contributed by atoms with Crippen LogP contribution in [0.25, 0.3) is 0 Å². The average Bonchev–Trinajstić information content (AvgIpc) is 2.87. The Kier molecular flexibility index (Phi) is 4.17. The minimum absolute atomic E-state index is 0.106. The van der Waals surface area contributed by atoms with E-state index < -0.39 is 0 Å². The molecule has 2 aromatic rings. The SMILES string of the molecule is Cc1ccc(C(NN)c2cc3c(s2)CCSC3)cc1C. The Morgan fingerprint density at radius 3 is 2.75 bits per heavy atom. The predicted molar refractivity (Wildman–Crippen MR) is 89.3 cm³/mol. The lowest BCUT2D eigenvalue weighted by molar-refractivity contribution is 0.646. The molecule has 0 bridgehead atoms. The molecule has 3 rings (SSSR count). The number of hydrogen-bond acceptors (Lipinski definition) is 4. The van der Waals surface area contributed by atoms with Crippen LogP contribution in [-0.4, -0.2) is 5.75 Å². The second-order valence-electron chi connectivity index (χ2n) is 5.34. The summed E-state index contributed by atoms with van der Waals surface area (Å²) in [5.41, 5.74) is 8.40. The molecule has 0 saturated heterocycles. The van der Waals surface area contributed by atoms with Gasteiger partial charge >= 0.3 is 0 Å². The number of hydrogen-bond donors (Lipinski definition) is 2. The maximum Gasteiger partial charge on any atom is 0.0802 e. The van der Waals surface area contributed by atoms with Gasteiger partial charge in [-0.25, -0.2) is 5.43 Å². The molecule has 2 heterocycles. The molecule has 1 aromatic carbocycles. The molecule has 0 radical (unpaired) electrons. The number of hydrazine groups is 1. The second kappa shape index (κ2) is 5.90. The van der Waals surface area contributed by atoms with Crippen molar-refractivity contribution in [3.63, 3.8) is 0 Å². The normalized spacial score (nSPS) is 15.9. The molecule has 2 nitrogen and oxygen atoms in total.